The highest BCUT2D eigenvalue weighted by Gasteiger charge is 2.24. The molecule has 0 bridgehead atoms. The number of aromatic nitrogens is 2. The number of likely N-dealkylation sites (tertiary alicyclic amines) is 1. The molecule has 1 aromatic heterocycles. The molecule has 3 N–H and O–H groups in total. The van der Waals surface area contributed by atoms with Gasteiger partial charge in [-0.3, -0.25) is 4.79 Å². The van der Waals surface area contributed by atoms with Crippen molar-refractivity contribution in [3.63, 3.8) is 0 Å². The number of hydrogen-bond acceptors (Lipinski definition) is 5. The Hall–Kier alpha value is -1.60. The Kier molecular flexibility index (Phi) is 5.17. The van der Waals surface area contributed by atoms with E-state index in [9.17, 15) is 4.79 Å². The number of carbonyl (C=O) groups is 1. The summed E-state index contributed by atoms with van der Waals surface area (Å²) in [5, 5.41) is 7.33. The zero-order valence-electron chi connectivity index (χ0n) is 13.8. The van der Waals surface area contributed by atoms with Crippen LogP contribution in [0.25, 0.3) is 0 Å². The van der Waals surface area contributed by atoms with Crippen molar-refractivity contribution in [1.29, 1.82) is 0 Å². The van der Waals surface area contributed by atoms with Gasteiger partial charge >= 0.3 is 0 Å². The third-order valence-electron chi connectivity index (χ3n) is 4.67. The molecule has 3 rings (SSSR count). The van der Waals surface area contributed by atoms with Crippen LogP contribution in [0.1, 0.15) is 31.4 Å². The summed E-state index contributed by atoms with van der Waals surface area (Å²) in [5.41, 5.74) is 6.65. The second-order valence-electron chi connectivity index (χ2n) is 6.65. The number of nitrogens with two attached hydrogens (primary N) is 1. The highest BCUT2D eigenvalue weighted by atomic mass is 16.5. The molecular weight excluding hydrogens is 294 g/mol. The second kappa shape index (κ2) is 7.31. The third kappa shape index (κ3) is 4.45. The van der Waals surface area contributed by atoms with E-state index in [1.54, 1.807) is 10.7 Å². The number of piperidine rings is 1. The van der Waals surface area contributed by atoms with Crippen molar-refractivity contribution in [2.75, 3.05) is 32.0 Å². The molecule has 3 heterocycles. The number of nitrogens with one attached hydrogen (secondary N) is 1. The highest BCUT2D eigenvalue weighted by molar-refractivity contribution is 5.76. The first-order valence-electron chi connectivity index (χ1n) is 8.53. The monoisotopic (exact) mass is 321 g/mol. The van der Waals surface area contributed by atoms with Crippen LogP contribution in [0.2, 0.25) is 0 Å². The summed E-state index contributed by atoms with van der Waals surface area (Å²) in [7, 11) is 0. The molecule has 2 aliphatic rings. The molecule has 0 spiro atoms. The average Bonchev–Trinajstić information content (AvgIpc) is 3.11. The first kappa shape index (κ1) is 16.3. The minimum atomic E-state index is -0.0163. The summed E-state index contributed by atoms with van der Waals surface area (Å²) < 4.78 is 7.25. The SMILES string of the molecule is Cc1cc(N)n(CC(=O)NC2CCN(CC3CCCO3)CC2)n1. The summed E-state index contributed by atoms with van der Waals surface area (Å²) in [4.78, 5) is 14.6. The molecule has 1 unspecified atom stereocenters. The van der Waals surface area contributed by atoms with Crippen LogP contribution in [0.3, 0.4) is 0 Å². The van der Waals surface area contributed by atoms with Crippen molar-refractivity contribution in [3.8, 4) is 0 Å². The van der Waals surface area contributed by atoms with E-state index in [4.69, 9.17) is 10.5 Å². The van der Waals surface area contributed by atoms with Gasteiger partial charge in [-0.25, -0.2) is 4.68 Å². The van der Waals surface area contributed by atoms with Crippen LogP contribution in [-0.2, 0) is 16.1 Å². The van der Waals surface area contributed by atoms with Crippen molar-refractivity contribution < 1.29 is 9.53 Å². The zero-order chi connectivity index (χ0) is 16.2. The van der Waals surface area contributed by atoms with Gasteiger partial charge in [0.2, 0.25) is 5.91 Å². The van der Waals surface area contributed by atoms with E-state index < -0.39 is 0 Å². The van der Waals surface area contributed by atoms with E-state index in [1.807, 2.05) is 6.92 Å². The largest absolute Gasteiger partial charge is 0.384 e. The predicted molar refractivity (Wildman–Crippen MR) is 88.0 cm³/mol. The van der Waals surface area contributed by atoms with Crippen LogP contribution in [-0.4, -0.2) is 59.0 Å². The number of nitrogen functional groups attached to an aromatic ring is 1. The molecule has 0 saturated carbocycles. The minimum absolute atomic E-state index is 0.0163. The molecule has 1 atom stereocenters. The molecule has 0 aliphatic carbocycles. The molecule has 1 aromatic rings. The first-order chi connectivity index (χ1) is 11.1. The number of hydrogen-bond donors (Lipinski definition) is 2. The van der Waals surface area contributed by atoms with E-state index in [1.165, 1.54) is 12.8 Å². The van der Waals surface area contributed by atoms with Gasteiger partial charge in [-0.2, -0.15) is 5.10 Å². The molecule has 1 amide bonds. The fourth-order valence-corrected chi connectivity index (χ4v) is 3.44. The quantitative estimate of drug-likeness (QED) is 0.826. The maximum atomic E-state index is 12.1. The second-order valence-corrected chi connectivity index (χ2v) is 6.65. The summed E-state index contributed by atoms with van der Waals surface area (Å²) in [6, 6.07) is 2.03. The van der Waals surface area contributed by atoms with Gasteiger partial charge < -0.3 is 20.7 Å². The van der Waals surface area contributed by atoms with Gasteiger partial charge in [0.1, 0.15) is 12.4 Å². The van der Waals surface area contributed by atoms with Crippen LogP contribution in [0.15, 0.2) is 6.07 Å². The van der Waals surface area contributed by atoms with Gasteiger partial charge in [0.15, 0.2) is 0 Å². The van der Waals surface area contributed by atoms with Crippen molar-refractivity contribution in [2.24, 2.45) is 0 Å². The summed E-state index contributed by atoms with van der Waals surface area (Å²) >= 11 is 0. The van der Waals surface area contributed by atoms with Gasteiger partial charge in [-0.1, -0.05) is 0 Å². The number of rotatable bonds is 5. The maximum Gasteiger partial charge on any atom is 0.242 e. The van der Waals surface area contributed by atoms with Gasteiger partial charge in [0, 0.05) is 38.3 Å². The van der Waals surface area contributed by atoms with Crippen LogP contribution < -0.4 is 11.1 Å². The molecule has 2 aliphatic heterocycles. The summed E-state index contributed by atoms with van der Waals surface area (Å²) in [6.45, 7) is 6.04. The Labute approximate surface area is 137 Å². The van der Waals surface area contributed by atoms with Crippen LogP contribution in [0.5, 0.6) is 0 Å². The van der Waals surface area contributed by atoms with E-state index in [-0.39, 0.29) is 18.5 Å². The van der Waals surface area contributed by atoms with Crippen molar-refractivity contribution in [2.45, 2.75) is 51.3 Å². The smallest absolute Gasteiger partial charge is 0.242 e. The molecule has 128 valence electrons. The Morgan fingerprint density at radius 1 is 1.43 bits per heavy atom. The molecule has 2 saturated heterocycles. The lowest BCUT2D eigenvalue weighted by molar-refractivity contribution is -0.122. The van der Waals surface area contributed by atoms with Crippen LogP contribution in [0.4, 0.5) is 5.82 Å². The van der Waals surface area contributed by atoms with Gasteiger partial charge in [0.05, 0.1) is 11.8 Å². The number of ether oxygens (including phenoxy) is 1. The normalized spacial score (nSPS) is 23.3. The van der Waals surface area contributed by atoms with Crippen molar-refractivity contribution in [1.82, 2.24) is 20.0 Å². The Balaban J connectivity index is 1.39. The van der Waals surface area contributed by atoms with Gasteiger partial charge in [-0.05, 0) is 32.6 Å². The number of amides is 1. The summed E-state index contributed by atoms with van der Waals surface area (Å²) in [6.07, 6.45) is 4.76. The van der Waals surface area contributed by atoms with Gasteiger partial charge in [-0.15, -0.1) is 0 Å². The number of aryl methyl sites for hydroxylation is 1. The van der Waals surface area contributed by atoms with Crippen molar-refractivity contribution in [3.05, 3.63) is 11.8 Å². The highest BCUT2D eigenvalue weighted by Crippen LogP contribution is 2.17. The number of carbonyl (C=O) groups excluding carboxylic acids is 1. The zero-order valence-corrected chi connectivity index (χ0v) is 13.8. The molecule has 7 heteroatoms. The number of anilines is 1. The lowest BCUT2D eigenvalue weighted by Gasteiger charge is -2.33. The van der Waals surface area contributed by atoms with E-state index in [0.29, 0.717) is 11.9 Å². The third-order valence-corrected chi connectivity index (χ3v) is 4.67. The molecule has 0 radical (unpaired) electrons. The Morgan fingerprint density at radius 2 is 2.22 bits per heavy atom. The number of nitrogens with zero attached hydrogens (tertiary/aromatic N) is 3. The Bertz CT molecular complexity index is 531. The van der Waals surface area contributed by atoms with Crippen LogP contribution >= 0.6 is 0 Å². The lowest BCUT2D eigenvalue weighted by atomic mass is 10.0. The summed E-state index contributed by atoms with van der Waals surface area (Å²) in [5.74, 6) is 0.515. The standard InChI is InChI=1S/C16H27N5O2/c1-12-9-15(17)21(19-12)11-16(22)18-13-4-6-20(7-5-13)10-14-3-2-8-23-14/h9,13-14H,2-8,10-11,17H2,1H3,(H,18,22). The Morgan fingerprint density at radius 3 is 2.83 bits per heavy atom. The van der Waals surface area contributed by atoms with E-state index >= 15 is 0 Å². The molecule has 2 fully saturated rings. The first-order valence-corrected chi connectivity index (χ1v) is 8.53. The topological polar surface area (TPSA) is 85.4 Å². The minimum Gasteiger partial charge on any atom is -0.384 e. The molecule has 7 nitrogen and oxygen atoms in total. The maximum absolute atomic E-state index is 12.1. The molecule has 23 heavy (non-hydrogen) atoms. The van der Waals surface area contributed by atoms with E-state index in [0.717, 1.165) is 44.8 Å². The average molecular weight is 321 g/mol. The fourth-order valence-electron chi connectivity index (χ4n) is 3.44. The van der Waals surface area contributed by atoms with E-state index in [2.05, 4.69) is 15.3 Å². The molecule has 0 aromatic carbocycles. The van der Waals surface area contributed by atoms with Crippen LogP contribution in [0, 0.1) is 6.92 Å². The van der Waals surface area contributed by atoms with Crippen molar-refractivity contribution >= 4 is 11.7 Å². The fraction of sp³-hybridized carbons (Fsp3) is 0.750. The molecular formula is C16H27N5O2. The van der Waals surface area contributed by atoms with Gasteiger partial charge in [0.25, 0.3) is 0 Å². The lowest BCUT2D eigenvalue weighted by Crippen LogP contribution is -2.47. The predicted octanol–water partition coefficient (Wildman–Crippen LogP) is 0.533.